The van der Waals surface area contributed by atoms with Crippen molar-refractivity contribution in [3.8, 4) is 11.4 Å². The van der Waals surface area contributed by atoms with Gasteiger partial charge in [-0.1, -0.05) is 30.3 Å². The molecule has 0 aliphatic heterocycles. The topological polar surface area (TPSA) is 56.1 Å². The normalized spacial score (nSPS) is 10.7. The first-order chi connectivity index (χ1) is 12.6. The van der Waals surface area contributed by atoms with Crippen LogP contribution in [0, 0.1) is 0 Å². The van der Waals surface area contributed by atoms with Crippen LogP contribution in [0.2, 0.25) is 0 Å². The molecule has 0 fully saturated rings. The Bertz CT molecular complexity index is 849. The van der Waals surface area contributed by atoms with Crippen molar-refractivity contribution < 1.29 is 18.3 Å². The van der Waals surface area contributed by atoms with Crippen molar-refractivity contribution in [2.24, 2.45) is 0 Å². The van der Waals surface area contributed by atoms with Crippen molar-refractivity contribution in [1.29, 1.82) is 0 Å². The van der Waals surface area contributed by atoms with E-state index in [9.17, 15) is 13.6 Å². The Morgan fingerprint density at radius 1 is 1.08 bits per heavy atom. The number of ether oxygens (including phenoxy) is 1. The largest absolute Gasteiger partial charge is 0.435 e. The van der Waals surface area contributed by atoms with Gasteiger partial charge < -0.3 is 10.1 Å². The van der Waals surface area contributed by atoms with E-state index in [0.717, 1.165) is 11.3 Å². The number of hydrogen-bond donors (Lipinski definition) is 1. The minimum absolute atomic E-state index is 0.0671. The number of amides is 1. The molecule has 0 saturated carbocycles. The van der Waals surface area contributed by atoms with Gasteiger partial charge in [0.2, 0.25) is 5.91 Å². The molecule has 7 heteroatoms. The second kappa shape index (κ2) is 8.24. The summed E-state index contributed by atoms with van der Waals surface area (Å²) >= 11 is 0. The van der Waals surface area contributed by atoms with Crippen molar-refractivity contribution in [2.45, 2.75) is 19.6 Å². The van der Waals surface area contributed by atoms with Crippen LogP contribution in [0.3, 0.4) is 0 Å². The molecule has 0 atom stereocenters. The molecule has 0 aliphatic rings. The fourth-order valence-electron chi connectivity index (χ4n) is 2.41. The zero-order valence-corrected chi connectivity index (χ0v) is 13.8. The first kappa shape index (κ1) is 17.6. The first-order valence-electron chi connectivity index (χ1n) is 7.99. The standard InChI is InChI=1S/C19H17F2N3O2/c20-19(21)26-17-8-6-14(7-9-17)10-18(25)22-11-15-12-23-24(13-15)16-4-2-1-3-5-16/h1-9,12-13,19H,10-11H2,(H,22,25). The highest BCUT2D eigenvalue weighted by Crippen LogP contribution is 2.15. The van der Waals surface area contributed by atoms with Gasteiger partial charge in [0, 0.05) is 18.3 Å². The molecule has 1 N–H and O–H groups in total. The molecular weight excluding hydrogens is 340 g/mol. The van der Waals surface area contributed by atoms with Gasteiger partial charge in [-0.25, -0.2) is 4.68 Å². The van der Waals surface area contributed by atoms with E-state index in [1.165, 1.54) is 12.1 Å². The molecule has 1 heterocycles. The van der Waals surface area contributed by atoms with Crippen LogP contribution in [-0.2, 0) is 17.8 Å². The molecule has 134 valence electrons. The number of nitrogens with one attached hydrogen (secondary N) is 1. The number of carbonyl (C=O) groups excluding carboxylic acids is 1. The molecule has 0 aliphatic carbocycles. The molecule has 0 saturated heterocycles. The molecule has 0 spiro atoms. The van der Waals surface area contributed by atoms with Crippen LogP contribution in [-0.4, -0.2) is 22.3 Å². The lowest BCUT2D eigenvalue weighted by atomic mass is 10.1. The SMILES string of the molecule is O=C(Cc1ccc(OC(F)F)cc1)NCc1cnn(-c2ccccc2)c1. The number of benzene rings is 2. The first-order valence-corrected chi connectivity index (χ1v) is 7.99. The van der Waals surface area contributed by atoms with E-state index in [1.54, 1.807) is 23.0 Å². The molecular formula is C19H17F2N3O2. The van der Waals surface area contributed by atoms with Crippen LogP contribution >= 0.6 is 0 Å². The van der Waals surface area contributed by atoms with Gasteiger partial charge in [-0.3, -0.25) is 4.79 Å². The molecule has 0 radical (unpaired) electrons. The summed E-state index contributed by atoms with van der Waals surface area (Å²) in [5.74, 6) is -0.0996. The van der Waals surface area contributed by atoms with Gasteiger partial charge in [0.15, 0.2) is 0 Å². The maximum atomic E-state index is 12.1. The van der Waals surface area contributed by atoms with E-state index in [2.05, 4.69) is 15.2 Å². The average Bonchev–Trinajstić information content (AvgIpc) is 3.11. The smallest absolute Gasteiger partial charge is 0.387 e. The van der Waals surface area contributed by atoms with Crippen molar-refractivity contribution in [3.63, 3.8) is 0 Å². The van der Waals surface area contributed by atoms with Crippen molar-refractivity contribution >= 4 is 5.91 Å². The quantitative estimate of drug-likeness (QED) is 0.706. The Hall–Kier alpha value is -3.22. The summed E-state index contributed by atoms with van der Waals surface area (Å²) in [7, 11) is 0. The summed E-state index contributed by atoms with van der Waals surface area (Å²) in [6.07, 6.45) is 3.71. The van der Waals surface area contributed by atoms with Gasteiger partial charge in [-0.2, -0.15) is 13.9 Å². The van der Waals surface area contributed by atoms with E-state index >= 15 is 0 Å². The zero-order chi connectivity index (χ0) is 18.4. The van der Waals surface area contributed by atoms with Crippen molar-refractivity contribution in [3.05, 3.63) is 78.1 Å². The molecule has 26 heavy (non-hydrogen) atoms. The molecule has 0 bridgehead atoms. The van der Waals surface area contributed by atoms with Crippen LogP contribution in [0.25, 0.3) is 5.69 Å². The summed E-state index contributed by atoms with van der Waals surface area (Å²) in [6.45, 7) is -2.50. The number of halogens is 2. The van der Waals surface area contributed by atoms with Crippen LogP contribution in [0.15, 0.2) is 67.0 Å². The van der Waals surface area contributed by atoms with Crippen LogP contribution < -0.4 is 10.1 Å². The maximum Gasteiger partial charge on any atom is 0.387 e. The lowest BCUT2D eigenvalue weighted by Crippen LogP contribution is -2.24. The molecule has 1 aromatic heterocycles. The van der Waals surface area contributed by atoms with Crippen LogP contribution in [0.5, 0.6) is 5.75 Å². The Kier molecular flexibility index (Phi) is 5.58. The molecule has 3 aromatic rings. The molecule has 1 amide bonds. The summed E-state index contributed by atoms with van der Waals surface area (Å²) in [6, 6.07) is 15.7. The van der Waals surface area contributed by atoms with Crippen molar-refractivity contribution in [1.82, 2.24) is 15.1 Å². The van der Waals surface area contributed by atoms with Gasteiger partial charge in [0.05, 0.1) is 18.3 Å². The van der Waals surface area contributed by atoms with Gasteiger partial charge in [-0.15, -0.1) is 0 Å². The van der Waals surface area contributed by atoms with Crippen LogP contribution in [0.4, 0.5) is 8.78 Å². The summed E-state index contributed by atoms with van der Waals surface area (Å²) in [5, 5.41) is 7.09. The summed E-state index contributed by atoms with van der Waals surface area (Å²) < 4.78 is 30.2. The number of para-hydroxylation sites is 1. The van der Waals surface area contributed by atoms with Gasteiger partial charge in [-0.05, 0) is 29.8 Å². The number of carbonyl (C=O) groups is 1. The minimum atomic E-state index is -2.86. The second-order valence-electron chi connectivity index (χ2n) is 5.60. The highest BCUT2D eigenvalue weighted by atomic mass is 19.3. The average molecular weight is 357 g/mol. The number of hydrogen-bond acceptors (Lipinski definition) is 3. The van der Waals surface area contributed by atoms with Crippen molar-refractivity contribution in [2.75, 3.05) is 0 Å². The summed E-state index contributed by atoms with van der Waals surface area (Å²) in [5.41, 5.74) is 2.53. The fraction of sp³-hybridized carbons (Fsp3) is 0.158. The Morgan fingerprint density at radius 2 is 1.81 bits per heavy atom. The van der Waals surface area contributed by atoms with Gasteiger partial charge >= 0.3 is 6.61 Å². The highest BCUT2D eigenvalue weighted by Gasteiger charge is 2.07. The molecule has 3 rings (SSSR count). The van der Waals surface area contributed by atoms with Crippen LogP contribution in [0.1, 0.15) is 11.1 Å². The van der Waals surface area contributed by atoms with Gasteiger partial charge in [0.1, 0.15) is 5.75 Å². The third kappa shape index (κ3) is 4.89. The Labute approximate surface area is 149 Å². The number of aromatic nitrogens is 2. The van der Waals surface area contributed by atoms with Gasteiger partial charge in [0.25, 0.3) is 0 Å². The number of rotatable bonds is 7. The third-order valence-electron chi connectivity index (χ3n) is 3.66. The van der Waals surface area contributed by atoms with E-state index in [1.807, 2.05) is 36.5 Å². The third-order valence-corrected chi connectivity index (χ3v) is 3.66. The predicted molar refractivity (Wildman–Crippen MR) is 92.2 cm³/mol. The highest BCUT2D eigenvalue weighted by molar-refractivity contribution is 5.78. The zero-order valence-electron chi connectivity index (χ0n) is 13.8. The van der Waals surface area contributed by atoms with E-state index < -0.39 is 6.61 Å². The molecule has 0 unspecified atom stereocenters. The number of alkyl halides is 2. The van der Waals surface area contributed by atoms with E-state index in [-0.39, 0.29) is 18.1 Å². The van der Waals surface area contributed by atoms with E-state index in [4.69, 9.17) is 0 Å². The molecule has 2 aromatic carbocycles. The maximum absolute atomic E-state index is 12.1. The predicted octanol–water partition coefficient (Wildman–Crippen LogP) is 3.33. The minimum Gasteiger partial charge on any atom is -0.435 e. The monoisotopic (exact) mass is 357 g/mol. The summed E-state index contributed by atoms with van der Waals surface area (Å²) in [4.78, 5) is 12.0. The lowest BCUT2D eigenvalue weighted by Gasteiger charge is -2.06. The Morgan fingerprint density at radius 3 is 2.50 bits per heavy atom. The lowest BCUT2D eigenvalue weighted by molar-refractivity contribution is -0.120. The fourth-order valence-corrected chi connectivity index (χ4v) is 2.41. The number of nitrogens with zero attached hydrogens (tertiary/aromatic N) is 2. The second-order valence-corrected chi connectivity index (χ2v) is 5.60. The molecule has 5 nitrogen and oxygen atoms in total. The van der Waals surface area contributed by atoms with E-state index in [0.29, 0.717) is 12.1 Å². The Balaban J connectivity index is 1.50.